The van der Waals surface area contributed by atoms with E-state index in [-0.39, 0.29) is 0 Å². The van der Waals surface area contributed by atoms with Gasteiger partial charge in [-0.05, 0) is 12.1 Å². The third-order valence-electron chi connectivity index (χ3n) is 1.99. The van der Waals surface area contributed by atoms with Crippen LogP contribution in [0.15, 0.2) is 29.6 Å². The van der Waals surface area contributed by atoms with Gasteiger partial charge in [-0.25, -0.2) is 10.8 Å². The van der Waals surface area contributed by atoms with E-state index in [1.165, 1.54) is 11.3 Å². The highest BCUT2D eigenvalue weighted by atomic mass is 32.1. The van der Waals surface area contributed by atoms with Gasteiger partial charge in [0.15, 0.2) is 5.13 Å². The Morgan fingerprint density at radius 3 is 3.00 bits per heavy atom. The number of nitrogens with zero attached hydrogens (tertiary/aromatic N) is 1. The first kappa shape index (κ1) is 9.95. The van der Waals surface area contributed by atoms with E-state index in [4.69, 9.17) is 10.6 Å². The van der Waals surface area contributed by atoms with Crippen molar-refractivity contribution in [3.63, 3.8) is 0 Å². The third-order valence-corrected chi connectivity index (χ3v) is 2.77. The molecule has 0 amide bonds. The predicted octanol–water partition coefficient (Wildman–Crippen LogP) is 2.10. The summed E-state index contributed by atoms with van der Waals surface area (Å²) in [6.07, 6.45) is 0. The Labute approximate surface area is 91.7 Å². The molecular weight excluding hydrogens is 210 g/mol. The maximum Gasteiger partial charge on any atom is 0.197 e. The van der Waals surface area contributed by atoms with E-state index in [2.05, 4.69) is 10.4 Å². The Morgan fingerprint density at radius 1 is 1.47 bits per heavy atom. The van der Waals surface area contributed by atoms with Gasteiger partial charge in [0.2, 0.25) is 0 Å². The molecule has 3 N–H and O–H groups in total. The van der Waals surface area contributed by atoms with E-state index in [0.29, 0.717) is 5.13 Å². The first-order valence-electron chi connectivity index (χ1n) is 4.40. The fourth-order valence-electron chi connectivity index (χ4n) is 1.26. The summed E-state index contributed by atoms with van der Waals surface area (Å²) < 4.78 is 5.14. The quantitative estimate of drug-likeness (QED) is 0.615. The van der Waals surface area contributed by atoms with Gasteiger partial charge in [-0.3, -0.25) is 5.43 Å². The van der Waals surface area contributed by atoms with E-state index in [9.17, 15) is 0 Å². The van der Waals surface area contributed by atoms with Crippen molar-refractivity contribution in [2.75, 3.05) is 12.5 Å². The van der Waals surface area contributed by atoms with Crippen molar-refractivity contribution in [1.82, 2.24) is 4.98 Å². The normalized spacial score (nSPS) is 10.0. The first-order valence-corrected chi connectivity index (χ1v) is 5.28. The van der Waals surface area contributed by atoms with Gasteiger partial charge in [-0.15, -0.1) is 11.3 Å². The van der Waals surface area contributed by atoms with Crippen molar-refractivity contribution in [2.24, 2.45) is 5.84 Å². The summed E-state index contributed by atoms with van der Waals surface area (Å²) in [7, 11) is 1.65. The first-order chi connectivity index (χ1) is 7.33. The van der Waals surface area contributed by atoms with E-state index >= 15 is 0 Å². The lowest BCUT2D eigenvalue weighted by molar-refractivity contribution is 0.415. The number of methoxy groups -OCH3 is 1. The summed E-state index contributed by atoms with van der Waals surface area (Å²) in [6.45, 7) is 0. The third kappa shape index (κ3) is 2.08. The molecule has 0 unspecified atom stereocenters. The molecule has 4 nitrogen and oxygen atoms in total. The Balaban J connectivity index is 2.35. The summed E-state index contributed by atoms with van der Waals surface area (Å²) in [5.74, 6) is 6.09. The lowest BCUT2D eigenvalue weighted by Gasteiger charge is -2.01. The summed E-state index contributed by atoms with van der Waals surface area (Å²) >= 11 is 1.47. The van der Waals surface area contributed by atoms with Crippen LogP contribution in [0.4, 0.5) is 5.13 Å². The van der Waals surface area contributed by atoms with Crippen LogP contribution >= 0.6 is 11.3 Å². The number of rotatable bonds is 3. The summed E-state index contributed by atoms with van der Waals surface area (Å²) in [6, 6.07) is 7.76. The van der Waals surface area contributed by atoms with Crippen LogP contribution < -0.4 is 16.0 Å². The van der Waals surface area contributed by atoms with Crippen molar-refractivity contribution in [3.05, 3.63) is 29.6 Å². The zero-order valence-corrected chi connectivity index (χ0v) is 9.04. The molecule has 1 aromatic heterocycles. The van der Waals surface area contributed by atoms with Crippen LogP contribution in [0.5, 0.6) is 5.75 Å². The molecular formula is C10H11N3OS. The van der Waals surface area contributed by atoms with E-state index in [0.717, 1.165) is 17.0 Å². The summed E-state index contributed by atoms with van der Waals surface area (Å²) in [5, 5.41) is 2.65. The van der Waals surface area contributed by atoms with Gasteiger partial charge in [0.05, 0.1) is 12.8 Å². The molecule has 0 aliphatic carbocycles. The topological polar surface area (TPSA) is 60.2 Å². The minimum atomic E-state index is 0.702. The SMILES string of the molecule is COc1cccc(-c2csc(NN)n2)c1. The number of hydrazine groups is 1. The van der Waals surface area contributed by atoms with Crippen molar-refractivity contribution in [2.45, 2.75) is 0 Å². The molecule has 0 aliphatic heterocycles. The number of ether oxygens (including phenoxy) is 1. The van der Waals surface area contributed by atoms with Crippen LogP contribution in [0.3, 0.4) is 0 Å². The monoisotopic (exact) mass is 221 g/mol. The molecule has 5 heteroatoms. The number of hydrogen-bond acceptors (Lipinski definition) is 5. The van der Waals surface area contributed by atoms with Gasteiger partial charge in [0, 0.05) is 10.9 Å². The van der Waals surface area contributed by atoms with E-state index < -0.39 is 0 Å². The van der Waals surface area contributed by atoms with Gasteiger partial charge in [0.25, 0.3) is 0 Å². The number of nitrogens with two attached hydrogens (primary N) is 1. The number of benzene rings is 1. The molecule has 2 aromatic rings. The Hall–Kier alpha value is -1.59. The molecule has 0 fully saturated rings. The number of hydrogen-bond donors (Lipinski definition) is 2. The molecule has 1 aromatic carbocycles. The molecule has 78 valence electrons. The maximum absolute atomic E-state index is 5.27. The highest BCUT2D eigenvalue weighted by Gasteiger charge is 2.04. The lowest BCUT2D eigenvalue weighted by Crippen LogP contribution is -2.05. The van der Waals surface area contributed by atoms with Crippen molar-refractivity contribution >= 4 is 16.5 Å². The highest BCUT2D eigenvalue weighted by Crippen LogP contribution is 2.26. The van der Waals surface area contributed by atoms with Gasteiger partial charge in [-0.2, -0.15) is 0 Å². The molecule has 0 spiro atoms. The van der Waals surface area contributed by atoms with Gasteiger partial charge in [-0.1, -0.05) is 12.1 Å². The minimum absolute atomic E-state index is 0.702. The average Bonchev–Trinajstić information content (AvgIpc) is 2.78. The van der Waals surface area contributed by atoms with Crippen LogP contribution in [0.1, 0.15) is 0 Å². The molecule has 0 aliphatic rings. The maximum atomic E-state index is 5.27. The highest BCUT2D eigenvalue weighted by molar-refractivity contribution is 7.14. The number of anilines is 1. The Bertz CT molecular complexity index is 455. The Kier molecular flexibility index (Phi) is 2.84. The number of nitrogen functional groups attached to an aromatic ring is 1. The van der Waals surface area contributed by atoms with Crippen LogP contribution in [0, 0.1) is 0 Å². The van der Waals surface area contributed by atoms with Crippen molar-refractivity contribution in [3.8, 4) is 17.0 Å². The number of nitrogens with one attached hydrogen (secondary N) is 1. The predicted molar refractivity (Wildman–Crippen MR) is 61.9 cm³/mol. The van der Waals surface area contributed by atoms with Gasteiger partial charge in [0.1, 0.15) is 5.75 Å². The summed E-state index contributed by atoms with van der Waals surface area (Å²) in [4.78, 5) is 4.30. The van der Waals surface area contributed by atoms with Crippen LogP contribution in [0.25, 0.3) is 11.3 Å². The largest absolute Gasteiger partial charge is 0.497 e. The zero-order chi connectivity index (χ0) is 10.7. The summed E-state index contributed by atoms with van der Waals surface area (Å²) in [5.41, 5.74) is 4.44. The lowest BCUT2D eigenvalue weighted by atomic mass is 10.2. The van der Waals surface area contributed by atoms with E-state index in [1.54, 1.807) is 7.11 Å². The second-order valence-corrected chi connectivity index (χ2v) is 3.77. The number of aromatic nitrogens is 1. The van der Waals surface area contributed by atoms with Crippen molar-refractivity contribution < 1.29 is 4.74 Å². The van der Waals surface area contributed by atoms with Crippen LogP contribution in [-0.2, 0) is 0 Å². The molecule has 2 rings (SSSR count). The standard InChI is InChI=1S/C10H11N3OS/c1-14-8-4-2-3-7(5-8)9-6-15-10(12-9)13-11/h2-6H,11H2,1H3,(H,12,13). The minimum Gasteiger partial charge on any atom is -0.497 e. The molecule has 0 saturated carbocycles. The molecule has 15 heavy (non-hydrogen) atoms. The average molecular weight is 221 g/mol. The molecule has 1 heterocycles. The van der Waals surface area contributed by atoms with Crippen molar-refractivity contribution in [1.29, 1.82) is 0 Å². The Morgan fingerprint density at radius 2 is 2.33 bits per heavy atom. The number of thiazole rings is 1. The smallest absolute Gasteiger partial charge is 0.197 e. The molecule has 0 radical (unpaired) electrons. The second-order valence-electron chi connectivity index (χ2n) is 2.91. The second kappa shape index (κ2) is 4.29. The van der Waals surface area contributed by atoms with Gasteiger partial charge >= 0.3 is 0 Å². The van der Waals surface area contributed by atoms with Crippen LogP contribution in [-0.4, -0.2) is 12.1 Å². The zero-order valence-electron chi connectivity index (χ0n) is 8.23. The fraction of sp³-hybridized carbons (Fsp3) is 0.100. The fourth-order valence-corrected chi connectivity index (χ4v) is 1.89. The van der Waals surface area contributed by atoms with Crippen LogP contribution in [0.2, 0.25) is 0 Å². The molecule has 0 atom stereocenters. The molecule has 0 saturated heterocycles. The van der Waals surface area contributed by atoms with Gasteiger partial charge < -0.3 is 4.74 Å². The van der Waals surface area contributed by atoms with E-state index in [1.807, 2.05) is 29.6 Å². The molecule has 0 bridgehead atoms.